The standard InChI is InChI=1S/C9H18ClNO/c1-3-8(2)7-11-9(12)5-4-6-10/h8H,3-7H2,1-2H3,(H,11,12). The van der Waals surface area contributed by atoms with Crippen LogP contribution < -0.4 is 5.32 Å². The van der Waals surface area contributed by atoms with Crippen molar-refractivity contribution in [2.24, 2.45) is 5.92 Å². The molecular weight excluding hydrogens is 174 g/mol. The number of hydrogen-bond donors (Lipinski definition) is 1. The number of amides is 1. The Kier molecular flexibility index (Phi) is 7.26. The lowest BCUT2D eigenvalue weighted by atomic mass is 10.1. The van der Waals surface area contributed by atoms with Crippen LogP contribution in [0.5, 0.6) is 0 Å². The third-order valence-corrected chi connectivity index (χ3v) is 2.15. The van der Waals surface area contributed by atoms with Crippen molar-refractivity contribution >= 4 is 17.5 Å². The Labute approximate surface area is 79.7 Å². The van der Waals surface area contributed by atoms with Crippen molar-refractivity contribution in [3.8, 4) is 0 Å². The smallest absolute Gasteiger partial charge is 0.220 e. The third-order valence-electron chi connectivity index (χ3n) is 1.88. The molecule has 1 N–H and O–H groups in total. The van der Waals surface area contributed by atoms with Crippen molar-refractivity contribution in [1.82, 2.24) is 5.32 Å². The highest BCUT2D eigenvalue weighted by Gasteiger charge is 2.02. The molecule has 0 aromatic rings. The summed E-state index contributed by atoms with van der Waals surface area (Å²) in [6.45, 7) is 5.04. The van der Waals surface area contributed by atoms with E-state index in [2.05, 4.69) is 19.2 Å². The largest absolute Gasteiger partial charge is 0.356 e. The zero-order valence-corrected chi connectivity index (χ0v) is 8.66. The number of halogens is 1. The summed E-state index contributed by atoms with van der Waals surface area (Å²) in [5.41, 5.74) is 0. The first-order chi connectivity index (χ1) is 5.70. The van der Waals surface area contributed by atoms with E-state index in [0.717, 1.165) is 19.4 Å². The van der Waals surface area contributed by atoms with Crippen LogP contribution in [0.25, 0.3) is 0 Å². The third kappa shape index (κ3) is 6.47. The molecule has 0 aliphatic heterocycles. The van der Waals surface area contributed by atoms with Crippen LogP contribution in [0.3, 0.4) is 0 Å². The van der Waals surface area contributed by atoms with Gasteiger partial charge in [-0.2, -0.15) is 0 Å². The SMILES string of the molecule is CCC(C)CNC(=O)CCCCl. The zero-order chi connectivity index (χ0) is 9.40. The van der Waals surface area contributed by atoms with Crippen molar-refractivity contribution in [1.29, 1.82) is 0 Å². The summed E-state index contributed by atoms with van der Waals surface area (Å²) < 4.78 is 0. The van der Waals surface area contributed by atoms with E-state index < -0.39 is 0 Å². The molecule has 1 atom stereocenters. The molecule has 1 unspecified atom stereocenters. The van der Waals surface area contributed by atoms with E-state index in [9.17, 15) is 4.79 Å². The maximum atomic E-state index is 11.1. The van der Waals surface area contributed by atoms with Gasteiger partial charge in [0.1, 0.15) is 0 Å². The molecule has 0 spiro atoms. The molecule has 0 aliphatic carbocycles. The quantitative estimate of drug-likeness (QED) is 0.641. The summed E-state index contributed by atoms with van der Waals surface area (Å²) in [5.74, 6) is 1.26. The lowest BCUT2D eigenvalue weighted by Crippen LogP contribution is -2.27. The molecular formula is C9H18ClNO. The van der Waals surface area contributed by atoms with Crippen molar-refractivity contribution in [3.05, 3.63) is 0 Å². The first kappa shape index (κ1) is 11.8. The molecule has 0 aliphatic rings. The van der Waals surface area contributed by atoms with Crippen LogP contribution in [0.1, 0.15) is 33.1 Å². The minimum atomic E-state index is 0.121. The van der Waals surface area contributed by atoms with E-state index in [-0.39, 0.29) is 5.91 Å². The van der Waals surface area contributed by atoms with Crippen LogP contribution in [0.4, 0.5) is 0 Å². The fourth-order valence-electron chi connectivity index (χ4n) is 0.748. The number of carbonyl (C=O) groups is 1. The molecule has 0 fully saturated rings. The van der Waals surface area contributed by atoms with Gasteiger partial charge in [-0.05, 0) is 12.3 Å². The molecule has 2 nitrogen and oxygen atoms in total. The minimum Gasteiger partial charge on any atom is -0.356 e. The van der Waals surface area contributed by atoms with Crippen LogP contribution in [-0.2, 0) is 4.79 Å². The fraction of sp³-hybridized carbons (Fsp3) is 0.889. The Morgan fingerprint density at radius 2 is 2.25 bits per heavy atom. The molecule has 0 heterocycles. The highest BCUT2D eigenvalue weighted by molar-refractivity contribution is 6.17. The number of rotatable bonds is 6. The maximum Gasteiger partial charge on any atom is 0.220 e. The van der Waals surface area contributed by atoms with Gasteiger partial charge in [-0.3, -0.25) is 4.79 Å². The van der Waals surface area contributed by atoms with Gasteiger partial charge in [-0.25, -0.2) is 0 Å². The van der Waals surface area contributed by atoms with Crippen LogP contribution in [0.15, 0.2) is 0 Å². The molecule has 0 rings (SSSR count). The summed E-state index contributed by atoms with van der Waals surface area (Å²) in [5, 5.41) is 2.87. The van der Waals surface area contributed by atoms with E-state index in [4.69, 9.17) is 11.6 Å². The molecule has 0 aromatic carbocycles. The van der Waals surface area contributed by atoms with Gasteiger partial charge < -0.3 is 5.32 Å². The van der Waals surface area contributed by atoms with Crippen LogP contribution in [0, 0.1) is 5.92 Å². The predicted molar refractivity (Wildman–Crippen MR) is 52.4 cm³/mol. The van der Waals surface area contributed by atoms with Gasteiger partial charge in [0, 0.05) is 18.8 Å². The van der Waals surface area contributed by atoms with Crippen molar-refractivity contribution < 1.29 is 4.79 Å². The lowest BCUT2D eigenvalue weighted by molar-refractivity contribution is -0.121. The second-order valence-corrected chi connectivity index (χ2v) is 3.49. The van der Waals surface area contributed by atoms with Gasteiger partial charge in [0.25, 0.3) is 0 Å². The molecule has 0 bridgehead atoms. The second-order valence-electron chi connectivity index (χ2n) is 3.11. The van der Waals surface area contributed by atoms with Crippen LogP contribution >= 0.6 is 11.6 Å². The van der Waals surface area contributed by atoms with Crippen molar-refractivity contribution in [2.75, 3.05) is 12.4 Å². The summed E-state index contributed by atoms with van der Waals surface area (Å²) in [6.07, 6.45) is 2.43. The van der Waals surface area contributed by atoms with Crippen molar-refractivity contribution in [2.45, 2.75) is 33.1 Å². The van der Waals surface area contributed by atoms with E-state index >= 15 is 0 Å². The zero-order valence-electron chi connectivity index (χ0n) is 7.90. The summed E-state index contributed by atoms with van der Waals surface area (Å²) in [4.78, 5) is 11.1. The molecule has 0 saturated carbocycles. The molecule has 0 aromatic heterocycles. The molecule has 12 heavy (non-hydrogen) atoms. The Balaban J connectivity index is 3.31. The van der Waals surface area contributed by atoms with Gasteiger partial charge in [-0.15, -0.1) is 11.6 Å². The van der Waals surface area contributed by atoms with E-state index in [1.165, 1.54) is 0 Å². The molecule has 1 amide bonds. The number of nitrogens with one attached hydrogen (secondary N) is 1. The Morgan fingerprint density at radius 1 is 1.58 bits per heavy atom. The Hall–Kier alpha value is -0.240. The maximum absolute atomic E-state index is 11.1. The predicted octanol–water partition coefficient (Wildman–Crippen LogP) is 2.17. The molecule has 0 radical (unpaired) electrons. The Morgan fingerprint density at radius 3 is 2.75 bits per heavy atom. The number of alkyl halides is 1. The van der Waals surface area contributed by atoms with Crippen LogP contribution in [-0.4, -0.2) is 18.3 Å². The lowest BCUT2D eigenvalue weighted by Gasteiger charge is -2.09. The highest BCUT2D eigenvalue weighted by atomic mass is 35.5. The van der Waals surface area contributed by atoms with Crippen molar-refractivity contribution in [3.63, 3.8) is 0 Å². The topological polar surface area (TPSA) is 29.1 Å². The van der Waals surface area contributed by atoms with Gasteiger partial charge in [0.2, 0.25) is 5.91 Å². The van der Waals surface area contributed by atoms with E-state index in [1.54, 1.807) is 0 Å². The van der Waals surface area contributed by atoms with E-state index in [0.29, 0.717) is 18.2 Å². The van der Waals surface area contributed by atoms with Crippen LogP contribution in [0.2, 0.25) is 0 Å². The first-order valence-electron chi connectivity index (χ1n) is 4.53. The van der Waals surface area contributed by atoms with Gasteiger partial charge in [0.05, 0.1) is 0 Å². The average Bonchev–Trinajstić information content (AvgIpc) is 2.10. The van der Waals surface area contributed by atoms with Gasteiger partial charge in [-0.1, -0.05) is 20.3 Å². The number of carbonyl (C=O) groups excluding carboxylic acids is 1. The Bertz CT molecular complexity index is 128. The van der Waals surface area contributed by atoms with Gasteiger partial charge in [0.15, 0.2) is 0 Å². The fourth-order valence-corrected chi connectivity index (χ4v) is 0.882. The average molecular weight is 192 g/mol. The molecule has 3 heteroatoms. The first-order valence-corrected chi connectivity index (χ1v) is 5.06. The molecule has 72 valence electrons. The monoisotopic (exact) mass is 191 g/mol. The normalized spacial score (nSPS) is 12.6. The summed E-state index contributed by atoms with van der Waals surface area (Å²) in [6, 6.07) is 0. The highest BCUT2D eigenvalue weighted by Crippen LogP contribution is 1.98. The minimum absolute atomic E-state index is 0.121. The number of hydrogen-bond acceptors (Lipinski definition) is 1. The van der Waals surface area contributed by atoms with E-state index in [1.807, 2.05) is 0 Å². The molecule has 0 saturated heterocycles. The van der Waals surface area contributed by atoms with Gasteiger partial charge >= 0.3 is 0 Å². The summed E-state index contributed by atoms with van der Waals surface area (Å²) >= 11 is 5.46. The summed E-state index contributed by atoms with van der Waals surface area (Å²) in [7, 11) is 0. The second kappa shape index (κ2) is 7.41.